The monoisotopic (exact) mass is 356 g/mol. The van der Waals surface area contributed by atoms with E-state index in [1.54, 1.807) is 6.26 Å². The number of carbonyl (C=O) groups is 1. The van der Waals surface area contributed by atoms with Crippen LogP contribution < -0.4 is 5.32 Å². The van der Waals surface area contributed by atoms with Crippen LogP contribution in [0, 0.1) is 13.8 Å². The van der Waals surface area contributed by atoms with Gasteiger partial charge in [-0.3, -0.25) is 9.36 Å². The molecule has 0 spiro atoms. The van der Waals surface area contributed by atoms with Gasteiger partial charge in [-0.05, 0) is 44.5 Å². The van der Waals surface area contributed by atoms with Gasteiger partial charge in [0.25, 0.3) is 0 Å². The zero-order valence-electron chi connectivity index (χ0n) is 14.4. The van der Waals surface area contributed by atoms with Crippen LogP contribution in [0.5, 0.6) is 0 Å². The molecule has 0 saturated carbocycles. The van der Waals surface area contributed by atoms with Gasteiger partial charge < -0.3 is 9.73 Å². The predicted molar refractivity (Wildman–Crippen MR) is 98.7 cm³/mol. The number of amides is 1. The molecule has 1 N–H and O–H groups in total. The molecule has 3 aromatic rings. The highest BCUT2D eigenvalue weighted by atomic mass is 32.2. The van der Waals surface area contributed by atoms with E-state index in [9.17, 15) is 4.79 Å². The van der Waals surface area contributed by atoms with Crippen molar-refractivity contribution in [3.63, 3.8) is 0 Å². The third kappa shape index (κ3) is 3.93. The topological polar surface area (TPSA) is 73.0 Å². The molecule has 3 rings (SSSR count). The highest BCUT2D eigenvalue weighted by molar-refractivity contribution is 7.99. The van der Waals surface area contributed by atoms with E-state index in [0.29, 0.717) is 23.3 Å². The van der Waals surface area contributed by atoms with Crippen LogP contribution >= 0.6 is 11.8 Å². The Kier molecular flexibility index (Phi) is 5.23. The van der Waals surface area contributed by atoms with E-state index in [1.807, 2.05) is 55.7 Å². The fraction of sp³-hybridized carbons (Fsp3) is 0.278. The van der Waals surface area contributed by atoms with E-state index in [2.05, 4.69) is 15.5 Å². The average Bonchev–Trinajstić information content (AvgIpc) is 3.24. The highest BCUT2D eigenvalue weighted by Gasteiger charge is 2.16. The number of furan rings is 1. The lowest BCUT2D eigenvalue weighted by molar-refractivity contribution is -0.113. The maximum Gasteiger partial charge on any atom is 0.234 e. The summed E-state index contributed by atoms with van der Waals surface area (Å²) in [5.41, 5.74) is 3.06. The number of benzene rings is 1. The number of rotatable bonds is 6. The van der Waals surface area contributed by atoms with Gasteiger partial charge in [-0.25, -0.2) is 0 Å². The van der Waals surface area contributed by atoms with Gasteiger partial charge in [0, 0.05) is 12.2 Å². The predicted octanol–water partition coefficient (Wildman–Crippen LogP) is 3.91. The average molecular weight is 356 g/mol. The summed E-state index contributed by atoms with van der Waals surface area (Å²) in [5.74, 6) is 1.54. The minimum Gasteiger partial charge on any atom is -0.461 e. The Bertz CT molecular complexity index is 871. The molecule has 1 aromatic carbocycles. The fourth-order valence-electron chi connectivity index (χ4n) is 2.54. The summed E-state index contributed by atoms with van der Waals surface area (Å²) in [6.07, 6.45) is 1.61. The second-order valence-corrected chi connectivity index (χ2v) is 6.63. The van der Waals surface area contributed by atoms with Crippen LogP contribution in [0.25, 0.3) is 11.6 Å². The molecule has 130 valence electrons. The number of aryl methyl sites for hydroxylation is 2. The standard InChI is InChI=1S/C18H20N4O2S/c1-4-22-17(15-6-5-9-24-15)20-21-18(22)25-11-16(23)19-14-8-7-12(2)10-13(14)3/h5-10H,4,11H2,1-3H3,(H,19,23). The van der Waals surface area contributed by atoms with Gasteiger partial charge in [0.1, 0.15) is 0 Å². The van der Waals surface area contributed by atoms with Crippen LogP contribution in [-0.2, 0) is 11.3 Å². The molecule has 0 unspecified atom stereocenters. The van der Waals surface area contributed by atoms with Crippen molar-refractivity contribution in [2.75, 3.05) is 11.1 Å². The minimum atomic E-state index is -0.0674. The van der Waals surface area contributed by atoms with Gasteiger partial charge in [-0.15, -0.1) is 10.2 Å². The Hall–Kier alpha value is -2.54. The molecule has 2 aromatic heterocycles. The van der Waals surface area contributed by atoms with Crippen molar-refractivity contribution in [2.45, 2.75) is 32.5 Å². The normalized spacial score (nSPS) is 10.8. The Morgan fingerprint density at radius 1 is 1.28 bits per heavy atom. The van der Waals surface area contributed by atoms with Gasteiger partial charge in [0.2, 0.25) is 5.91 Å². The number of hydrogen-bond donors (Lipinski definition) is 1. The molecule has 0 fully saturated rings. The van der Waals surface area contributed by atoms with Crippen molar-refractivity contribution in [3.8, 4) is 11.6 Å². The zero-order valence-corrected chi connectivity index (χ0v) is 15.3. The molecule has 0 aliphatic carbocycles. The van der Waals surface area contributed by atoms with Crippen LogP contribution in [-0.4, -0.2) is 26.4 Å². The quantitative estimate of drug-likeness (QED) is 0.678. The van der Waals surface area contributed by atoms with Crippen LogP contribution in [0.2, 0.25) is 0 Å². The van der Waals surface area contributed by atoms with Gasteiger partial charge >= 0.3 is 0 Å². The van der Waals surface area contributed by atoms with Crippen molar-refractivity contribution in [1.82, 2.24) is 14.8 Å². The summed E-state index contributed by atoms with van der Waals surface area (Å²) >= 11 is 1.36. The van der Waals surface area contributed by atoms with Crippen LogP contribution in [0.15, 0.2) is 46.2 Å². The van der Waals surface area contributed by atoms with E-state index in [1.165, 1.54) is 17.3 Å². The Balaban J connectivity index is 1.66. The van der Waals surface area contributed by atoms with Gasteiger partial charge in [0.05, 0.1) is 12.0 Å². The van der Waals surface area contributed by atoms with Crippen molar-refractivity contribution >= 4 is 23.4 Å². The summed E-state index contributed by atoms with van der Waals surface area (Å²) in [6.45, 7) is 6.72. The maximum absolute atomic E-state index is 12.3. The largest absolute Gasteiger partial charge is 0.461 e. The van der Waals surface area contributed by atoms with Gasteiger partial charge in [0.15, 0.2) is 16.7 Å². The summed E-state index contributed by atoms with van der Waals surface area (Å²) in [5, 5.41) is 12.0. The van der Waals surface area contributed by atoms with Crippen LogP contribution in [0.1, 0.15) is 18.1 Å². The van der Waals surface area contributed by atoms with Crippen LogP contribution in [0.4, 0.5) is 5.69 Å². The fourth-order valence-corrected chi connectivity index (χ4v) is 3.34. The van der Waals surface area contributed by atoms with E-state index in [-0.39, 0.29) is 11.7 Å². The first-order valence-electron chi connectivity index (χ1n) is 8.05. The first kappa shape index (κ1) is 17.3. The second kappa shape index (κ2) is 7.57. The third-order valence-electron chi connectivity index (χ3n) is 3.76. The summed E-state index contributed by atoms with van der Waals surface area (Å²) < 4.78 is 7.33. The Morgan fingerprint density at radius 2 is 2.12 bits per heavy atom. The van der Waals surface area contributed by atoms with E-state index in [4.69, 9.17) is 4.42 Å². The lowest BCUT2D eigenvalue weighted by atomic mass is 10.1. The molecule has 0 radical (unpaired) electrons. The first-order valence-corrected chi connectivity index (χ1v) is 9.04. The number of nitrogens with one attached hydrogen (secondary N) is 1. The zero-order chi connectivity index (χ0) is 17.8. The molecule has 0 aliphatic rings. The smallest absolute Gasteiger partial charge is 0.234 e. The molecule has 6 nitrogen and oxygen atoms in total. The lowest BCUT2D eigenvalue weighted by Crippen LogP contribution is -2.15. The SMILES string of the molecule is CCn1c(SCC(=O)Nc2ccc(C)cc2C)nnc1-c1ccco1. The van der Waals surface area contributed by atoms with E-state index < -0.39 is 0 Å². The van der Waals surface area contributed by atoms with Crippen molar-refractivity contribution in [1.29, 1.82) is 0 Å². The summed E-state index contributed by atoms with van der Waals surface area (Å²) in [7, 11) is 0. The third-order valence-corrected chi connectivity index (χ3v) is 4.73. The highest BCUT2D eigenvalue weighted by Crippen LogP contribution is 2.24. The summed E-state index contributed by atoms with van der Waals surface area (Å²) in [4.78, 5) is 12.3. The summed E-state index contributed by atoms with van der Waals surface area (Å²) in [6, 6.07) is 9.62. The molecule has 0 bridgehead atoms. The molecule has 0 saturated heterocycles. The maximum atomic E-state index is 12.3. The lowest BCUT2D eigenvalue weighted by Gasteiger charge is -2.09. The molecule has 25 heavy (non-hydrogen) atoms. The molecule has 0 aliphatic heterocycles. The number of hydrogen-bond acceptors (Lipinski definition) is 5. The molecule has 0 atom stereocenters. The Labute approximate surface area is 150 Å². The number of anilines is 1. The van der Waals surface area contributed by atoms with Crippen molar-refractivity contribution in [3.05, 3.63) is 47.7 Å². The Morgan fingerprint density at radius 3 is 2.80 bits per heavy atom. The van der Waals surface area contributed by atoms with Gasteiger partial charge in [-0.1, -0.05) is 29.5 Å². The van der Waals surface area contributed by atoms with Gasteiger partial charge in [-0.2, -0.15) is 0 Å². The number of aromatic nitrogens is 3. The van der Waals surface area contributed by atoms with E-state index in [0.717, 1.165) is 11.3 Å². The van der Waals surface area contributed by atoms with E-state index >= 15 is 0 Å². The second-order valence-electron chi connectivity index (χ2n) is 5.68. The van der Waals surface area contributed by atoms with Crippen molar-refractivity contribution in [2.24, 2.45) is 0 Å². The molecular formula is C18H20N4O2S. The van der Waals surface area contributed by atoms with Crippen LogP contribution in [0.3, 0.4) is 0 Å². The molecule has 2 heterocycles. The minimum absolute atomic E-state index is 0.0674. The number of nitrogens with zero attached hydrogens (tertiary/aromatic N) is 3. The number of carbonyl (C=O) groups excluding carboxylic acids is 1. The molecule has 7 heteroatoms. The molecular weight excluding hydrogens is 336 g/mol. The van der Waals surface area contributed by atoms with Crippen molar-refractivity contribution < 1.29 is 9.21 Å². The molecule has 1 amide bonds. The first-order chi connectivity index (χ1) is 12.1. The number of thioether (sulfide) groups is 1.